The average Bonchev–Trinajstić information content (AvgIpc) is 2.91. The third kappa shape index (κ3) is 2.53. The first-order valence-electron chi connectivity index (χ1n) is 5.99. The zero-order valence-corrected chi connectivity index (χ0v) is 11.3. The summed E-state index contributed by atoms with van der Waals surface area (Å²) in [5.74, 6) is 0. The Morgan fingerprint density at radius 3 is 2.37 bits per heavy atom. The summed E-state index contributed by atoms with van der Waals surface area (Å²) in [5, 5.41) is 14.9. The van der Waals surface area contributed by atoms with Crippen LogP contribution < -0.4 is 0 Å². The highest BCUT2D eigenvalue weighted by Gasteiger charge is 2.37. The van der Waals surface area contributed by atoms with E-state index in [4.69, 9.17) is 9.47 Å². The second-order valence-electron chi connectivity index (χ2n) is 4.41. The van der Waals surface area contributed by atoms with Gasteiger partial charge in [0.05, 0.1) is 11.4 Å². The maximum atomic E-state index is 10.7. The second kappa shape index (κ2) is 5.52. The molecule has 0 aliphatic rings. The number of rotatable bonds is 5. The van der Waals surface area contributed by atoms with E-state index in [9.17, 15) is 5.11 Å². The van der Waals surface area contributed by atoms with E-state index in [1.165, 1.54) is 14.2 Å². The van der Waals surface area contributed by atoms with Crippen LogP contribution in [0.2, 0.25) is 0 Å². The molecule has 102 valence electrons. The number of hydrogen-bond donors (Lipinski definition) is 1. The van der Waals surface area contributed by atoms with Gasteiger partial charge in [-0.15, -0.1) is 0 Å². The quantitative estimate of drug-likeness (QED) is 0.833. The molecule has 1 atom stereocenters. The highest BCUT2D eigenvalue weighted by atomic mass is 16.7. The topological polar surface area (TPSA) is 56.5 Å². The molecule has 2 aromatic rings. The standard InChI is InChI=1S/C14H18N2O3/c1-14(17,13(18-2)19-3)12-9-10-15-16(12)11-7-5-4-6-8-11/h4-10,13,17H,1-3H3. The smallest absolute Gasteiger partial charge is 0.191 e. The van der Waals surface area contributed by atoms with Gasteiger partial charge in [-0.3, -0.25) is 0 Å². The largest absolute Gasteiger partial charge is 0.378 e. The Labute approximate surface area is 112 Å². The summed E-state index contributed by atoms with van der Waals surface area (Å²) in [7, 11) is 2.98. The van der Waals surface area contributed by atoms with E-state index in [2.05, 4.69) is 5.10 Å². The average molecular weight is 262 g/mol. The number of benzene rings is 1. The van der Waals surface area contributed by atoms with Crippen molar-refractivity contribution < 1.29 is 14.6 Å². The van der Waals surface area contributed by atoms with Crippen molar-refractivity contribution in [3.63, 3.8) is 0 Å². The minimum atomic E-state index is -1.31. The van der Waals surface area contributed by atoms with E-state index < -0.39 is 11.9 Å². The third-order valence-electron chi connectivity index (χ3n) is 3.05. The third-order valence-corrected chi connectivity index (χ3v) is 3.05. The number of aliphatic hydroxyl groups is 1. The lowest BCUT2D eigenvalue weighted by Crippen LogP contribution is -2.40. The van der Waals surface area contributed by atoms with Crippen molar-refractivity contribution in [3.8, 4) is 5.69 Å². The number of aromatic nitrogens is 2. The lowest BCUT2D eigenvalue weighted by Gasteiger charge is -2.30. The Kier molecular flexibility index (Phi) is 3.99. The van der Waals surface area contributed by atoms with Crippen molar-refractivity contribution in [1.82, 2.24) is 9.78 Å². The first kappa shape index (κ1) is 13.7. The molecule has 0 aliphatic carbocycles. The highest BCUT2D eigenvalue weighted by Crippen LogP contribution is 2.28. The summed E-state index contributed by atoms with van der Waals surface area (Å²) < 4.78 is 12.0. The minimum Gasteiger partial charge on any atom is -0.378 e. The predicted molar refractivity (Wildman–Crippen MR) is 70.9 cm³/mol. The molecule has 0 saturated carbocycles. The van der Waals surface area contributed by atoms with Gasteiger partial charge < -0.3 is 14.6 Å². The predicted octanol–water partition coefficient (Wildman–Crippen LogP) is 1.70. The Morgan fingerprint density at radius 1 is 1.16 bits per heavy atom. The van der Waals surface area contributed by atoms with Crippen LogP contribution in [-0.2, 0) is 15.1 Å². The Morgan fingerprint density at radius 2 is 1.79 bits per heavy atom. The Bertz CT molecular complexity index is 518. The fourth-order valence-corrected chi connectivity index (χ4v) is 2.14. The first-order valence-corrected chi connectivity index (χ1v) is 5.99. The molecule has 0 radical (unpaired) electrons. The van der Waals surface area contributed by atoms with Crippen LogP contribution >= 0.6 is 0 Å². The number of hydrogen-bond acceptors (Lipinski definition) is 4. The van der Waals surface area contributed by atoms with Crippen LogP contribution in [0.3, 0.4) is 0 Å². The van der Waals surface area contributed by atoms with Gasteiger partial charge >= 0.3 is 0 Å². The summed E-state index contributed by atoms with van der Waals surface area (Å²) in [6, 6.07) is 11.3. The second-order valence-corrected chi connectivity index (χ2v) is 4.41. The van der Waals surface area contributed by atoms with E-state index in [0.717, 1.165) is 5.69 Å². The summed E-state index contributed by atoms with van der Waals surface area (Å²) in [4.78, 5) is 0. The lowest BCUT2D eigenvalue weighted by atomic mass is 10.0. The molecule has 19 heavy (non-hydrogen) atoms. The van der Waals surface area contributed by atoms with Gasteiger partial charge in [0, 0.05) is 20.4 Å². The van der Waals surface area contributed by atoms with Crippen LogP contribution in [0.1, 0.15) is 12.6 Å². The van der Waals surface area contributed by atoms with Gasteiger partial charge in [0.1, 0.15) is 0 Å². The molecule has 0 bridgehead atoms. The van der Waals surface area contributed by atoms with Crippen molar-refractivity contribution in [2.45, 2.75) is 18.8 Å². The van der Waals surface area contributed by atoms with Gasteiger partial charge in [-0.2, -0.15) is 5.10 Å². The fraction of sp³-hybridized carbons (Fsp3) is 0.357. The monoisotopic (exact) mass is 262 g/mol. The summed E-state index contributed by atoms with van der Waals surface area (Å²) in [6.07, 6.45) is 0.866. The molecule has 1 aromatic carbocycles. The molecule has 0 saturated heterocycles. The number of methoxy groups -OCH3 is 2. The van der Waals surface area contributed by atoms with Crippen molar-refractivity contribution in [1.29, 1.82) is 0 Å². The molecule has 0 aliphatic heterocycles. The molecule has 1 heterocycles. The van der Waals surface area contributed by atoms with E-state index in [-0.39, 0.29) is 0 Å². The van der Waals surface area contributed by atoms with Crippen LogP contribution in [0.25, 0.3) is 5.69 Å². The lowest BCUT2D eigenvalue weighted by molar-refractivity contribution is -0.215. The zero-order chi connectivity index (χ0) is 13.9. The van der Waals surface area contributed by atoms with Crippen LogP contribution in [0.15, 0.2) is 42.6 Å². The summed E-state index contributed by atoms with van der Waals surface area (Å²) in [5.41, 5.74) is 0.164. The van der Waals surface area contributed by atoms with E-state index >= 15 is 0 Å². The molecular weight excluding hydrogens is 244 g/mol. The SMILES string of the molecule is COC(OC)C(C)(O)c1ccnn1-c1ccccc1. The van der Waals surface area contributed by atoms with E-state index in [1.54, 1.807) is 23.9 Å². The van der Waals surface area contributed by atoms with Crippen molar-refractivity contribution >= 4 is 0 Å². The molecule has 5 nitrogen and oxygen atoms in total. The normalized spacial score (nSPS) is 14.6. The van der Waals surface area contributed by atoms with Crippen LogP contribution in [0.5, 0.6) is 0 Å². The molecule has 0 fully saturated rings. The maximum absolute atomic E-state index is 10.7. The number of nitrogens with zero attached hydrogens (tertiary/aromatic N) is 2. The number of para-hydroxylation sites is 1. The molecule has 1 unspecified atom stereocenters. The molecule has 2 rings (SSSR count). The molecular formula is C14H18N2O3. The molecule has 0 amide bonds. The maximum Gasteiger partial charge on any atom is 0.191 e. The van der Waals surface area contributed by atoms with E-state index in [1.807, 2.05) is 30.3 Å². The van der Waals surface area contributed by atoms with Gasteiger partial charge in [0.25, 0.3) is 0 Å². The molecule has 0 spiro atoms. The van der Waals surface area contributed by atoms with Crippen molar-refractivity contribution in [2.75, 3.05) is 14.2 Å². The van der Waals surface area contributed by atoms with E-state index in [0.29, 0.717) is 5.69 Å². The van der Waals surface area contributed by atoms with Crippen LogP contribution in [-0.4, -0.2) is 35.4 Å². The molecule has 5 heteroatoms. The summed E-state index contributed by atoms with van der Waals surface area (Å²) in [6.45, 7) is 1.64. The van der Waals surface area contributed by atoms with Gasteiger partial charge in [-0.25, -0.2) is 4.68 Å². The Balaban J connectivity index is 2.45. The van der Waals surface area contributed by atoms with Gasteiger partial charge in [0.2, 0.25) is 0 Å². The minimum absolute atomic E-state index is 0.604. The fourth-order valence-electron chi connectivity index (χ4n) is 2.14. The van der Waals surface area contributed by atoms with Gasteiger partial charge in [0.15, 0.2) is 11.9 Å². The zero-order valence-electron chi connectivity index (χ0n) is 11.3. The van der Waals surface area contributed by atoms with Crippen LogP contribution in [0, 0.1) is 0 Å². The van der Waals surface area contributed by atoms with Crippen molar-refractivity contribution in [3.05, 3.63) is 48.3 Å². The Hall–Kier alpha value is -1.69. The van der Waals surface area contributed by atoms with Gasteiger partial charge in [-0.05, 0) is 25.1 Å². The number of ether oxygens (including phenoxy) is 2. The van der Waals surface area contributed by atoms with Gasteiger partial charge in [-0.1, -0.05) is 18.2 Å². The highest BCUT2D eigenvalue weighted by molar-refractivity contribution is 5.33. The summed E-state index contributed by atoms with van der Waals surface area (Å²) >= 11 is 0. The molecule has 1 N–H and O–H groups in total. The molecule has 1 aromatic heterocycles. The van der Waals surface area contributed by atoms with Crippen LogP contribution in [0.4, 0.5) is 0 Å². The van der Waals surface area contributed by atoms with Crippen molar-refractivity contribution in [2.24, 2.45) is 0 Å². The first-order chi connectivity index (χ1) is 9.11.